The Balaban J connectivity index is 2.09. The molecule has 6 nitrogen and oxygen atoms in total. The largest absolute Gasteiger partial charge is 0.461 e. The van der Waals surface area contributed by atoms with Crippen LogP contribution in [0.5, 0.6) is 0 Å². The highest BCUT2D eigenvalue weighted by atomic mass is 16.3. The van der Waals surface area contributed by atoms with Crippen molar-refractivity contribution in [3.05, 3.63) is 66.0 Å². The van der Waals surface area contributed by atoms with Gasteiger partial charge in [-0.25, -0.2) is 0 Å². The number of anilines is 1. The second kappa shape index (κ2) is 5.09. The van der Waals surface area contributed by atoms with Crippen LogP contribution in [0.2, 0.25) is 0 Å². The van der Waals surface area contributed by atoms with E-state index < -0.39 is 0 Å². The van der Waals surface area contributed by atoms with Crippen LogP contribution < -0.4 is 11.2 Å². The van der Waals surface area contributed by atoms with E-state index in [1.54, 1.807) is 36.4 Å². The molecule has 3 aromatic rings. The van der Waals surface area contributed by atoms with Crippen LogP contribution in [0.15, 0.2) is 59.2 Å². The van der Waals surface area contributed by atoms with E-state index in [1.165, 1.54) is 10.9 Å². The molecule has 1 aromatic carbocycles. The molecule has 2 heterocycles. The molecule has 6 heteroatoms. The Morgan fingerprint density at radius 1 is 1.14 bits per heavy atom. The Hall–Kier alpha value is -3.15. The van der Waals surface area contributed by atoms with Crippen molar-refractivity contribution in [3.63, 3.8) is 0 Å². The van der Waals surface area contributed by atoms with E-state index in [1.807, 2.05) is 12.1 Å². The summed E-state index contributed by atoms with van der Waals surface area (Å²) in [6.07, 6.45) is 1.48. The number of nitrogens with two attached hydrogens (primary N) is 1. The summed E-state index contributed by atoms with van der Waals surface area (Å²) in [7, 11) is 0. The molecule has 0 spiro atoms. The maximum Gasteiger partial charge on any atom is 0.191 e. The summed E-state index contributed by atoms with van der Waals surface area (Å²) in [6, 6.07) is 14.0. The van der Waals surface area contributed by atoms with Crippen LogP contribution in [0, 0.1) is 10.8 Å². The number of furan rings is 1. The number of nitrogens with one attached hydrogen (secondary N) is 2. The molecule has 0 radical (unpaired) electrons. The Morgan fingerprint density at radius 3 is 2.71 bits per heavy atom. The maximum atomic E-state index is 8.09. The van der Waals surface area contributed by atoms with Gasteiger partial charge in [-0.3, -0.25) is 10.8 Å². The summed E-state index contributed by atoms with van der Waals surface area (Å²) in [6.45, 7) is 0. The van der Waals surface area contributed by atoms with Gasteiger partial charge in [0.1, 0.15) is 5.49 Å². The molecule has 104 valence electrons. The lowest BCUT2D eigenvalue weighted by atomic mass is 10.1. The van der Waals surface area contributed by atoms with Crippen molar-refractivity contribution in [2.75, 3.05) is 5.73 Å². The summed E-state index contributed by atoms with van der Waals surface area (Å²) in [5, 5.41) is 20.3. The van der Waals surface area contributed by atoms with Gasteiger partial charge in [0, 0.05) is 11.3 Å². The average molecular weight is 279 g/mol. The van der Waals surface area contributed by atoms with Crippen LogP contribution in [-0.4, -0.2) is 15.6 Å². The smallest absolute Gasteiger partial charge is 0.191 e. The van der Waals surface area contributed by atoms with E-state index in [9.17, 15) is 0 Å². The van der Waals surface area contributed by atoms with E-state index in [-0.39, 0.29) is 11.3 Å². The fraction of sp³-hybridized carbons (Fsp3) is 0. The van der Waals surface area contributed by atoms with Gasteiger partial charge in [0.15, 0.2) is 11.6 Å². The van der Waals surface area contributed by atoms with Crippen LogP contribution in [0.25, 0.3) is 11.3 Å². The predicted octanol–water partition coefficient (Wildman–Crippen LogP) is 2.08. The second-order valence-corrected chi connectivity index (χ2v) is 4.47. The quantitative estimate of drug-likeness (QED) is 0.380. The molecule has 0 unspecified atom stereocenters. The Bertz CT molecular complexity index is 849. The van der Waals surface area contributed by atoms with E-state index >= 15 is 0 Å². The third-order valence-corrected chi connectivity index (χ3v) is 2.98. The van der Waals surface area contributed by atoms with Crippen LogP contribution in [0.3, 0.4) is 0 Å². The maximum absolute atomic E-state index is 8.09. The first-order chi connectivity index (χ1) is 10.1. The third kappa shape index (κ3) is 2.46. The molecule has 0 aliphatic carbocycles. The van der Waals surface area contributed by atoms with Gasteiger partial charge in [-0.2, -0.15) is 9.78 Å². The van der Waals surface area contributed by atoms with Gasteiger partial charge in [-0.15, -0.1) is 0 Å². The van der Waals surface area contributed by atoms with Crippen LogP contribution in [0.4, 0.5) is 5.69 Å². The second-order valence-electron chi connectivity index (χ2n) is 4.47. The third-order valence-electron chi connectivity index (χ3n) is 2.98. The molecule has 0 saturated heterocycles. The van der Waals surface area contributed by atoms with Gasteiger partial charge < -0.3 is 10.2 Å². The van der Waals surface area contributed by atoms with Gasteiger partial charge in [0.25, 0.3) is 0 Å². The molecule has 2 aromatic heterocycles. The van der Waals surface area contributed by atoms with E-state index in [4.69, 9.17) is 21.0 Å². The molecular formula is C15H13N5O. The van der Waals surface area contributed by atoms with Crippen molar-refractivity contribution in [1.29, 1.82) is 10.8 Å². The predicted molar refractivity (Wildman–Crippen MR) is 78.9 cm³/mol. The molecule has 0 fully saturated rings. The Labute approximate surface area is 120 Å². The first kappa shape index (κ1) is 12.9. The molecule has 0 bridgehead atoms. The van der Waals surface area contributed by atoms with Gasteiger partial charge >= 0.3 is 0 Å². The SMILES string of the molecule is N=C(c1ccco1)n1nc(-c2cccc(N)c2)ccc1=N. The van der Waals surface area contributed by atoms with Crippen LogP contribution in [-0.2, 0) is 0 Å². The fourth-order valence-electron chi connectivity index (χ4n) is 1.96. The van der Waals surface area contributed by atoms with E-state index in [0.717, 1.165) is 5.56 Å². The highest BCUT2D eigenvalue weighted by molar-refractivity contribution is 5.94. The minimum absolute atomic E-state index is 0.00996. The van der Waals surface area contributed by atoms with Crippen molar-refractivity contribution in [1.82, 2.24) is 9.78 Å². The summed E-state index contributed by atoms with van der Waals surface area (Å²) < 4.78 is 6.40. The number of nitrogen functional groups attached to an aromatic ring is 1. The van der Waals surface area contributed by atoms with Crippen molar-refractivity contribution in [2.45, 2.75) is 0 Å². The first-order valence-corrected chi connectivity index (χ1v) is 6.29. The number of hydrogen-bond acceptors (Lipinski definition) is 5. The molecule has 0 saturated carbocycles. The highest BCUT2D eigenvalue weighted by Crippen LogP contribution is 2.18. The zero-order valence-electron chi connectivity index (χ0n) is 11.1. The summed E-state index contributed by atoms with van der Waals surface area (Å²) in [5.41, 5.74) is 7.97. The monoisotopic (exact) mass is 279 g/mol. The first-order valence-electron chi connectivity index (χ1n) is 6.29. The zero-order valence-corrected chi connectivity index (χ0v) is 11.1. The molecular weight excluding hydrogens is 266 g/mol. The molecule has 21 heavy (non-hydrogen) atoms. The van der Waals surface area contributed by atoms with Crippen molar-refractivity contribution in [3.8, 4) is 11.3 Å². The number of rotatable bonds is 2. The lowest BCUT2D eigenvalue weighted by Gasteiger charge is -2.08. The molecule has 0 atom stereocenters. The van der Waals surface area contributed by atoms with E-state index in [0.29, 0.717) is 17.1 Å². The van der Waals surface area contributed by atoms with Gasteiger partial charge in [0.2, 0.25) is 0 Å². The standard InChI is InChI=1S/C15H13N5O/c16-11-4-1-3-10(9-11)12-6-7-14(17)20(19-12)15(18)13-5-2-8-21-13/h1-9,17-18H,16H2. The highest BCUT2D eigenvalue weighted by Gasteiger charge is 2.10. The zero-order chi connectivity index (χ0) is 14.8. The summed E-state index contributed by atoms with van der Waals surface area (Å²) in [5.74, 6) is 0.362. The molecule has 0 aliphatic rings. The lowest BCUT2D eigenvalue weighted by molar-refractivity contribution is 0.550. The Kier molecular flexibility index (Phi) is 3.12. The summed E-state index contributed by atoms with van der Waals surface area (Å²) in [4.78, 5) is 0. The lowest BCUT2D eigenvalue weighted by Crippen LogP contribution is -2.29. The average Bonchev–Trinajstić information content (AvgIpc) is 3.01. The van der Waals surface area contributed by atoms with Crippen LogP contribution in [0.1, 0.15) is 5.76 Å². The Morgan fingerprint density at radius 2 is 2.00 bits per heavy atom. The minimum Gasteiger partial charge on any atom is -0.461 e. The molecule has 4 N–H and O–H groups in total. The number of hydrogen-bond donors (Lipinski definition) is 3. The normalized spacial score (nSPS) is 10.5. The van der Waals surface area contributed by atoms with Crippen molar-refractivity contribution < 1.29 is 4.42 Å². The van der Waals surface area contributed by atoms with Gasteiger partial charge in [0.05, 0.1) is 12.0 Å². The van der Waals surface area contributed by atoms with Crippen molar-refractivity contribution >= 4 is 11.5 Å². The number of benzene rings is 1. The minimum atomic E-state index is 0.00996. The fourth-order valence-corrected chi connectivity index (χ4v) is 1.96. The molecule has 0 aliphatic heterocycles. The molecule has 0 amide bonds. The number of aromatic nitrogens is 2. The molecule has 3 rings (SSSR count). The van der Waals surface area contributed by atoms with Gasteiger partial charge in [-0.1, -0.05) is 12.1 Å². The topological polar surface area (TPSA) is 105 Å². The van der Waals surface area contributed by atoms with Crippen molar-refractivity contribution in [2.24, 2.45) is 0 Å². The number of nitrogens with zero attached hydrogens (tertiary/aromatic N) is 2. The summed E-state index contributed by atoms with van der Waals surface area (Å²) >= 11 is 0. The van der Waals surface area contributed by atoms with Crippen LogP contribution >= 0.6 is 0 Å². The van der Waals surface area contributed by atoms with Gasteiger partial charge in [-0.05, 0) is 36.4 Å². The van der Waals surface area contributed by atoms with E-state index in [2.05, 4.69) is 5.10 Å².